The fourth-order valence-corrected chi connectivity index (χ4v) is 2.77. The van der Waals surface area contributed by atoms with Gasteiger partial charge in [0.25, 0.3) is 0 Å². The standard InChI is InChI=1S/C16H26N2O/c1-2-19-16-8-6-14(7-9-16)15(12-17)13-18-10-4-3-5-11-18/h6-9,15H,2-5,10-13,17H2,1H3. The molecule has 3 nitrogen and oxygen atoms in total. The van der Waals surface area contributed by atoms with Crippen molar-refractivity contribution in [3.05, 3.63) is 29.8 Å². The predicted octanol–water partition coefficient (Wildman–Crippen LogP) is 2.61. The van der Waals surface area contributed by atoms with Gasteiger partial charge < -0.3 is 15.4 Å². The maximum Gasteiger partial charge on any atom is 0.119 e. The summed E-state index contributed by atoms with van der Waals surface area (Å²) in [6, 6.07) is 8.42. The number of hydrogen-bond acceptors (Lipinski definition) is 3. The summed E-state index contributed by atoms with van der Waals surface area (Å²) >= 11 is 0. The molecule has 0 radical (unpaired) electrons. The summed E-state index contributed by atoms with van der Waals surface area (Å²) in [5.41, 5.74) is 7.29. The maximum absolute atomic E-state index is 5.96. The van der Waals surface area contributed by atoms with Crippen LogP contribution < -0.4 is 10.5 Å². The van der Waals surface area contributed by atoms with Crippen molar-refractivity contribution in [1.82, 2.24) is 4.90 Å². The normalized spacial score (nSPS) is 18.2. The molecule has 0 saturated carbocycles. The zero-order chi connectivity index (χ0) is 13.5. The van der Waals surface area contributed by atoms with Crippen LogP contribution in [0.25, 0.3) is 0 Å². The first-order valence-electron chi connectivity index (χ1n) is 7.48. The molecule has 2 rings (SSSR count). The monoisotopic (exact) mass is 262 g/mol. The minimum absolute atomic E-state index is 0.439. The van der Waals surface area contributed by atoms with Crippen molar-refractivity contribution < 1.29 is 4.74 Å². The zero-order valence-electron chi connectivity index (χ0n) is 12.0. The van der Waals surface area contributed by atoms with Gasteiger partial charge in [-0.15, -0.1) is 0 Å². The number of piperidine rings is 1. The molecular weight excluding hydrogens is 236 g/mol. The molecule has 1 aromatic rings. The molecule has 2 N–H and O–H groups in total. The van der Waals surface area contributed by atoms with Crippen molar-refractivity contribution in [1.29, 1.82) is 0 Å². The van der Waals surface area contributed by atoms with Crippen LogP contribution in [-0.2, 0) is 0 Å². The van der Waals surface area contributed by atoms with Crippen LogP contribution in [0.5, 0.6) is 5.75 Å². The summed E-state index contributed by atoms with van der Waals surface area (Å²) in [4.78, 5) is 2.55. The first-order valence-corrected chi connectivity index (χ1v) is 7.48. The van der Waals surface area contributed by atoms with E-state index in [-0.39, 0.29) is 0 Å². The van der Waals surface area contributed by atoms with E-state index in [1.807, 2.05) is 6.92 Å². The highest BCUT2D eigenvalue weighted by Crippen LogP contribution is 2.21. The van der Waals surface area contributed by atoms with Gasteiger partial charge in [-0.1, -0.05) is 18.6 Å². The van der Waals surface area contributed by atoms with Gasteiger partial charge in [-0.25, -0.2) is 0 Å². The third-order valence-corrected chi connectivity index (χ3v) is 3.87. The highest BCUT2D eigenvalue weighted by molar-refractivity contribution is 5.29. The van der Waals surface area contributed by atoms with Crippen LogP contribution in [0.2, 0.25) is 0 Å². The molecule has 1 fully saturated rings. The smallest absolute Gasteiger partial charge is 0.119 e. The molecule has 106 valence electrons. The number of nitrogens with two attached hydrogens (primary N) is 1. The second-order valence-electron chi connectivity index (χ2n) is 5.30. The van der Waals surface area contributed by atoms with E-state index in [2.05, 4.69) is 29.2 Å². The van der Waals surface area contributed by atoms with E-state index in [4.69, 9.17) is 10.5 Å². The van der Waals surface area contributed by atoms with Crippen molar-refractivity contribution in [2.24, 2.45) is 5.73 Å². The van der Waals surface area contributed by atoms with E-state index in [0.717, 1.165) is 12.3 Å². The van der Waals surface area contributed by atoms with Gasteiger partial charge in [-0.3, -0.25) is 0 Å². The first kappa shape index (κ1) is 14.4. The Morgan fingerprint density at radius 2 is 1.84 bits per heavy atom. The quantitative estimate of drug-likeness (QED) is 0.856. The van der Waals surface area contributed by atoms with Crippen molar-refractivity contribution in [3.8, 4) is 5.75 Å². The highest BCUT2D eigenvalue weighted by Gasteiger charge is 2.16. The highest BCUT2D eigenvalue weighted by atomic mass is 16.5. The molecule has 0 aliphatic carbocycles. The molecule has 19 heavy (non-hydrogen) atoms. The Morgan fingerprint density at radius 1 is 1.16 bits per heavy atom. The Kier molecular flexibility index (Phi) is 5.67. The third-order valence-electron chi connectivity index (χ3n) is 3.87. The summed E-state index contributed by atoms with van der Waals surface area (Å²) in [7, 11) is 0. The van der Waals surface area contributed by atoms with Crippen LogP contribution in [0.15, 0.2) is 24.3 Å². The van der Waals surface area contributed by atoms with Crippen LogP contribution in [0, 0.1) is 0 Å². The largest absolute Gasteiger partial charge is 0.494 e. The molecule has 1 atom stereocenters. The SMILES string of the molecule is CCOc1ccc(C(CN)CN2CCCCC2)cc1. The number of ether oxygens (including phenoxy) is 1. The van der Waals surface area contributed by atoms with Gasteiger partial charge in [0.15, 0.2) is 0 Å². The molecular formula is C16H26N2O. The lowest BCUT2D eigenvalue weighted by Gasteiger charge is -2.30. The Labute approximate surface area is 116 Å². The molecule has 1 aliphatic rings. The summed E-state index contributed by atoms with van der Waals surface area (Å²) in [5, 5.41) is 0. The summed E-state index contributed by atoms with van der Waals surface area (Å²) in [5.74, 6) is 1.38. The molecule has 1 aliphatic heterocycles. The van der Waals surface area contributed by atoms with E-state index in [0.29, 0.717) is 19.1 Å². The van der Waals surface area contributed by atoms with E-state index < -0.39 is 0 Å². The van der Waals surface area contributed by atoms with Crippen molar-refractivity contribution in [3.63, 3.8) is 0 Å². The Hall–Kier alpha value is -1.06. The van der Waals surface area contributed by atoms with Gasteiger partial charge in [0.2, 0.25) is 0 Å². The molecule has 1 aromatic carbocycles. The van der Waals surface area contributed by atoms with Gasteiger partial charge in [-0.2, -0.15) is 0 Å². The Balaban J connectivity index is 1.95. The van der Waals surface area contributed by atoms with Crippen molar-refractivity contribution in [2.45, 2.75) is 32.1 Å². The molecule has 3 heteroatoms. The summed E-state index contributed by atoms with van der Waals surface area (Å²) in [6.07, 6.45) is 4.05. The van der Waals surface area contributed by atoms with Gasteiger partial charge in [-0.05, 0) is 50.6 Å². The molecule has 0 spiro atoms. The average molecular weight is 262 g/mol. The molecule has 1 saturated heterocycles. The molecule has 1 heterocycles. The Bertz CT molecular complexity index is 358. The molecule has 0 bridgehead atoms. The zero-order valence-corrected chi connectivity index (χ0v) is 12.0. The molecule has 1 unspecified atom stereocenters. The van der Waals surface area contributed by atoms with Crippen LogP contribution in [0.3, 0.4) is 0 Å². The number of rotatable bonds is 6. The van der Waals surface area contributed by atoms with E-state index >= 15 is 0 Å². The average Bonchev–Trinajstić information content (AvgIpc) is 2.47. The fraction of sp³-hybridized carbons (Fsp3) is 0.625. The summed E-state index contributed by atoms with van der Waals surface area (Å²) in [6.45, 7) is 6.98. The topological polar surface area (TPSA) is 38.5 Å². The molecule has 0 amide bonds. The van der Waals surface area contributed by atoms with E-state index in [9.17, 15) is 0 Å². The van der Waals surface area contributed by atoms with Gasteiger partial charge in [0.05, 0.1) is 6.61 Å². The van der Waals surface area contributed by atoms with Crippen LogP contribution in [-0.4, -0.2) is 37.7 Å². The van der Waals surface area contributed by atoms with E-state index in [1.165, 1.54) is 37.9 Å². The third kappa shape index (κ3) is 4.22. The van der Waals surface area contributed by atoms with Gasteiger partial charge in [0.1, 0.15) is 5.75 Å². The summed E-state index contributed by atoms with van der Waals surface area (Å²) < 4.78 is 5.48. The van der Waals surface area contributed by atoms with Gasteiger partial charge in [0, 0.05) is 19.0 Å². The van der Waals surface area contributed by atoms with Crippen molar-refractivity contribution >= 4 is 0 Å². The lowest BCUT2D eigenvalue weighted by molar-refractivity contribution is 0.216. The lowest BCUT2D eigenvalue weighted by atomic mass is 9.97. The number of likely N-dealkylation sites (tertiary alicyclic amines) is 1. The second kappa shape index (κ2) is 7.51. The Morgan fingerprint density at radius 3 is 2.42 bits per heavy atom. The number of nitrogens with zero attached hydrogens (tertiary/aromatic N) is 1. The fourth-order valence-electron chi connectivity index (χ4n) is 2.77. The minimum Gasteiger partial charge on any atom is -0.494 e. The maximum atomic E-state index is 5.96. The second-order valence-corrected chi connectivity index (χ2v) is 5.30. The van der Waals surface area contributed by atoms with Crippen molar-refractivity contribution in [2.75, 3.05) is 32.8 Å². The van der Waals surface area contributed by atoms with Crippen LogP contribution in [0.1, 0.15) is 37.7 Å². The number of benzene rings is 1. The van der Waals surface area contributed by atoms with E-state index in [1.54, 1.807) is 0 Å². The first-order chi connectivity index (χ1) is 9.33. The minimum atomic E-state index is 0.439. The van der Waals surface area contributed by atoms with Crippen LogP contribution in [0.4, 0.5) is 0 Å². The van der Waals surface area contributed by atoms with Crippen LogP contribution >= 0.6 is 0 Å². The predicted molar refractivity (Wildman–Crippen MR) is 79.7 cm³/mol. The lowest BCUT2D eigenvalue weighted by Crippen LogP contribution is -2.35. The molecule has 0 aromatic heterocycles. The van der Waals surface area contributed by atoms with Gasteiger partial charge >= 0.3 is 0 Å². The number of hydrogen-bond donors (Lipinski definition) is 1.